The average molecular weight is 978 g/mol. The fraction of sp³-hybridized carbons (Fsp3) is 0.593. The van der Waals surface area contributed by atoms with E-state index < -0.39 is 32.5 Å². The van der Waals surface area contributed by atoms with Crippen LogP contribution in [0.3, 0.4) is 0 Å². The zero-order valence-corrected chi connectivity index (χ0v) is 44.1. The Labute approximate surface area is 421 Å². The second-order valence-corrected chi connectivity index (χ2v) is 18.4. The molecule has 2 unspecified atom stereocenters. The molecule has 0 amide bonds. The average Bonchev–Trinajstić information content (AvgIpc) is 3.34. The number of phosphoric acid groups is 1. The molecule has 0 aliphatic heterocycles. The Bertz CT molecular complexity index is 1580. The highest BCUT2D eigenvalue weighted by Crippen LogP contribution is 2.43. The van der Waals surface area contributed by atoms with Gasteiger partial charge in [-0.1, -0.05) is 205 Å². The molecule has 69 heavy (non-hydrogen) atoms. The molecule has 390 valence electrons. The van der Waals surface area contributed by atoms with Crippen LogP contribution in [0.1, 0.15) is 194 Å². The van der Waals surface area contributed by atoms with Crippen LogP contribution in [0.25, 0.3) is 0 Å². The lowest BCUT2D eigenvalue weighted by atomic mass is 10.0. The van der Waals surface area contributed by atoms with E-state index >= 15 is 0 Å². The van der Waals surface area contributed by atoms with Crippen LogP contribution >= 0.6 is 7.82 Å². The van der Waals surface area contributed by atoms with Crippen molar-refractivity contribution in [3.05, 3.63) is 134 Å². The van der Waals surface area contributed by atoms with Crippen LogP contribution < -0.4 is 5.73 Å². The van der Waals surface area contributed by atoms with Gasteiger partial charge < -0.3 is 20.1 Å². The monoisotopic (exact) mass is 978 g/mol. The van der Waals surface area contributed by atoms with Crippen molar-refractivity contribution in [2.45, 2.75) is 200 Å². The summed E-state index contributed by atoms with van der Waals surface area (Å²) in [6, 6.07) is 0. The van der Waals surface area contributed by atoms with Gasteiger partial charge in [-0.05, 0) is 109 Å². The molecule has 0 aliphatic rings. The molecule has 0 radical (unpaired) electrons. The van der Waals surface area contributed by atoms with Gasteiger partial charge in [0, 0.05) is 19.4 Å². The highest BCUT2D eigenvalue weighted by atomic mass is 31.2. The third-order valence-electron chi connectivity index (χ3n) is 10.5. The molecule has 0 aromatic heterocycles. The predicted octanol–water partition coefficient (Wildman–Crippen LogP) is 16.6. The van der Waals surface area contributed by atoms with E-state index in [1.165, 1.54) is 44.9 Å². The Morgan fingerprint density at radius 2 is 0.754 bits per heavy atom. The summed E-state index contributed by atoms with van der Waals surface area (Å²) in [6.07, 6.45) is 74.9. The van der Waals surface area contributed by atoms with Gasteiger partial charge >= 0.3 is 19.8 Å². The molecule has 0 fully saturated rings. The van der Waals surface area contributed by atoms with E-state index in [4.69, 9.17) is 24.3 Å². The number of carbonyl (C=O) groups is 2. The van der Waals surface area contributed by atoms with Gasteiger partial charge in [-0.15, -0.1) is 0 Å². The zero-order chi connectivity index (χ0) is 50.2. The third-order valence-corrected chi connectivity index (χ3v) is 11.5. The summed E-state index contributed by atoms with van der Waals surface area (Å²) in [5.41, 5.74) is 5.37. The quantitative estimate of drug-likeness (QED) is 0.0264. The number of ether oxygens (including phenoxy) is 2. The van der Waals surface area contributed by atoms with Gasteiger partial charge in [0.25, 0.3) is 0 Å². The summed E-state index contributed by atoms with van der Waals surface area (Å²) in [7, 11) is -4.41. The van der Waals surface area contributed by atoms with Crippen LogP contribution in [-0.4, -0.2) is 49.3 Å². The summed E-state index contributed by atoms with van der Waals surface area (Å²) in [5, 5.41) is 0. The van der Waals surface area contributed by atoms with E-state index in [1.54, 1.807) is 0 Å². The first kappa shape index (κ1) is 65.1. The lowest BCUT2D eigenvalue weighted by molar-refractivity contribution is -0.161. The number of nitrogens with two attached hydrogens (primary N) is 1. The summed E-state index contributed by atoms with van der Waals surface area (Å²) in [4.78, 5) is 35.1. The highest BCUT2D eigenvalue weighted by Gasteiger charge is 2.26. The molecule has 10 heteroatoms. The summed E-state index contributed by atoms with van der Waals surface area (Å²) in [6.45, 7) is 3.44. The second-order valence-electron chi connectivity index (χ2n) is 17.0. The molecule has 0 rings (SSSR count). The van der Waals surface area contributed by atoms with Gasteiger partial charge in [-0.3, -0.25) is 18.6 Å². The van der Waals surface area contributed by atoms with E-state index in [1.807, 2.05) is 0 Å². The van der Waals surface area contributed by atoms with E-state index in [0.717, 1.165) is 109 Å². The minimum absolute atomic E-state index is 0.0381. The minimum Gasteiger partial charge on any atom is -0.462 e. The fourth-order valence-corrected chi connectivity index (χ4v) is 7.43. The maximum Gasteiger partial charge on any atom is 0.472 e. The Kier molecular flexibility index (Phi) is 50.5. The number of carbonyl (C=O) groups excluding carboxylic acids is 2. The molecule has 0 bridgehead atoms. The number of hydrogen-bond acceptors (Lipinski definition) is 8. The molecular formula is C59H96NO8P. The maximum absolute atomic E-state index is 12.7. The van der Waals surface area contributed by atoms with Crippen LogP contribution in [-0.2, 0) is 32.7 Å². The number of esters is 2. The molecule has 0 spiro atoms. The fourth-order valence-electron chi connectivity index (χ4n) is 6.66. The van der Waals surface area contributed by atoms with E-state index in [9.17, 15) is 19.0 Å². The number of phosphoric ester groups is 1. The van der Waals surface area contributed by atoms with Crippen LogP contribution in [0, 0.1) is 0 Å². The normalized spacial score (nSPS) is 14.2. The number of allylic oxidation sites excluding steroid dienone is 22. The van der Waals surface area contributed by atoms with Gasteiger partial charge in [0.15, 0.2) is 6.10 Å². The van der Waals surface area contributed by atoms with Crippen LogP contribution in [0.4, 0.5) is 0 Å². The standard InChI is InChI=1S/C59H96NO8P/c1-3-5-7-9-11-13-15-17-19-21-23-25-26-27-28-29-30-32-33-35-37-39-41-43-45-47-49-51-58(61)65-55-57(56-67-69(63,64)66-54-53-60)68-59(62)52-50-48-46-44-42-40-38-36-34-31-24-22-20-18-16-14-12-10-8-6-4-2/h5-8,11-14,17-20,23-25,27-28,31,36,38,42,44,57H,3-4,9-10,15-16,21-22,26,29-30,32-35,37,39-41,43,45-56,60H2,1-2H3,(H,63,64)/b7-5-,8-6-,13-11-,14-12-,19-17-,20-18-,25-23-,28-27-,31-24-,38-36-,44-42-. The zero-order valence-electron chi connectivity index (χ0n) is 43.2. The predicted molar refractivity (Wildman–Crippen MR) is 293 cm³/mol. The molecule has 0 saturated heterocycles. The molecule has 0 heterocycles. The summed E-state index contributed by atoms with van der Waals surface area (Å²) >= 11 is 0. The second kappa shape index (κ2) is 53.5. The largest absolute Gasteiger partial charge is 0.472 e. The van der Waals surface area contributed by atoms with Gasteiger partial charge in [-0.2, -0.15) is 0 Å². The number of hydrogen-bond donors (Lipinski definition) is 2. The topological polar surface area (TPSA) is 134 Å². The van der Waals surface area contributed by atoms with Gasteiger partial charge in [0.2, 0.25) is 0 Å². The van der Waals surface area contributed by atoms with Crippen molar-refractivity contribution >= 4 is 19.8 Å². The first-order valence-electron chi connectivity index (χ1n) is 26.7. The first-order chi connectivity index (χ1) is 33.8. The molecule has 0 aromatic rings. The van der Waals surface area contributed by atoms with E-state index in [-0.39, 0.29) is 32.6 Å². The Hall–Kier alpha value is -3.85. The van der Waals surface area contributed by atoms with Crippen molar-refractivity contribution in [3.63, 3.8) is 0 Å². The van der Waals surface area contributed by atoms with Crippen molar-refractivity contribution < 1.29 is 37.6 Å². The van der Waals surface area contributed by atoms with Crippen LogP contribution in [0.5, 0.6) is 0 Å². The Morgan fingerprint density at radius 3 is 1.14 bits per heavy atom. The first-order valence-corrected chi connectivity index (χ1v) is 28.2. The summed E-state index contributed by atoms with van der Waals surface area (Å²) in [5.74, 6) is -0.893. The molecule has 0 aliphatic carbocycles. The molecule has 2 atom stereocenters. The Balaban J connectivity index is 4.12. The molecule has 9 nitrogen and oxygen atoms in total. The molecular weight excluding hydrogens is 882 g/mol. The van der Waals surface area contributed by atoms with Crippen molar-refractivity contribution in [3.8, 4) is 0 Å². The van der Waals surface area contributed by atoms with Gasteiger partial charge in [0.1, 0.15) is 6.61 Å². The van der Waals surface area contributed by atoms with Gasteiger partial charge in [-0.25, -0.2) is 4.57 Å². The van der Waals surface area contributed by atoms with E-state index in [0.29, 0.717) is 12.8 Å². The lowest BCUT2D eigenvalue weighted by Gasteiger charge is -2.19. The summed E-state index contributed by atoms with van der Waals surface area (Å²) < 4.78 is 32.9. The molecule has 3 N–H and O–H groups in total. The van der Waals surface area contributed by atoms with Gasteiger partial charge in [0.05, 0.1) is 13.2 Å². The van der Waals surface area contributed by atoms with E-state index in [2.05, 4.69) is 148 Å². The number of unbranched alkanes of at least 4 members (excludes halogenated alkanes) is 13. The molecule has 0 saturated carbocycles. The molecule has 0 aromatic carbocycles. The van der Waals surface area contributed by atoms with Crippen molar-refractivity contribution in [1.82, 2.24) is 0 Å². The minimum atomic E-state index is -4.41. The Morgan fingerprint density at radius 1 is 0.435 bits per heavy atom. The highest BCUT2D eigenvalue weighted by molar-refractivity contribution is 7.47. The lowest BCUT2D eigenvalue weighted by Crippen LogP contribution is -2.29. The number of rotatable bonds is 48. The third kappa shape index (κ3) is 53.4. The maximum atomic E-state index is 12.7. The van der Waals surface area contributed by atoms with Crippen LogP contribution in [0.2, 0.25) is 0 Å². The van der Waals surface area contributed by atoms with Crippen LogP contribution in [0.15, 0.2) is 134 Å². The van der Waals surface area contributed by atoms with Crippen molar-refractivity contribution in [2.75, 3.05) is 26.4 Å². The SMILES string of the molecule is CC/C=C\C/C=C\C/C=C\C/C=C\C/C=C\C/C=C\CCCCC(=O)OC(COC(=O)CCCCCCCCCCCCC/C=C\C/C=C\C/C=C\C/C=C\C/C=C\CC)COP(=O)(O)OCCN. The van der Waals surface area contributed by atoms with Crippen molar-refractivity contribution in [1.29, 1.82) is 0 Å². The smallest absolute Gasteiger partial charge is 0.462 e. The van der Waals surface area contributed by atoms with Crippen molar-refractivity contribution in [2.24, 2.45) is 5.73 Å².